The second kappa shape index (κ2) is 6.12. The van der Waals surface area contributed by atoms with Gasteiger partial charge in [0.05, 0.1) is 5.02 Å². The number of aromatic hydroxyl groups is 1. The van der Waals surface area contributed by atoms with Crippen molar-refractivity contribution in [1.82, 2.24) is 0 Å². The van der Waals surface area contributed by atoms with E-state index in [0.717, 1.165) is 0 Å². The zero-order valence-corrected chi connectivity index (χ0v) is 8.36. The summed E-state index contributed by atoms with van der Waals surface area (Å²) in [7, 11) is 3.25. The normalized spacial score (nSPS) is 8.67. The highest BCUT2D eigenvalue weighted by Crippen LogP contribution is 2.25. The van der Waals surface area contributed by atoms with E-state index in [1.807, 2.05) is 0 Å². The number of phenols is 1. The van der Waals surface area contributed by atoms with Crippen LogP contribution in [0.5, 0.6) is 5.75 Å². The first-order valence-corrected chi connectivity index (χ1v) is 3.91. The summed E-state index contributed by atoms with van der Waals surface area (Å²) in [6, 6.07) is 4.55. The maximum absolute atomic E-state index is 8.88. The fraction of sp³-hybridized carbons (Fsp3) is 0.250. The molecule has 1 N–H and O–H groups in total. The molecule has 4 heteroatoms. The van der Waals surface area contributed by atoms with E-state index in [1.165, 1.54) is 6.07 Å². The lowest BCUT2D eigenvalue weighted by molar-refractivity contribution is 0.277. The number of hydrogen-bond acceptors (Lipinski definition) is 2. The Morgan fingerprint density at radius 3 is 2.08 bits per heavy atom. The largest absolute Gasteiger partial charge is 0.506 e. The van der Waals surface area contributed by atoms with Crippen molar-refractivity contribution in [2.75, 3.05) is 14.2 Å². The molecule has 0 radical (unpaired) electrons. The SMILES string of the molecule is COC.Oc1cc(Cl)ccc1Cl. The maximum atomic E-state index is 8.88. The van der Waals surface area contributed by atoms with Gasteiger partial charge in [-0.2, -0.15) is 0 Å². The third kappa shape index (κ3) is 4.44. The summed E-state index contributed by atoms with van der Waals surface area (Å²) in [5, 5.41) is 9.69. The Morgan fingerprint density at radius 2 is 1.75 bits per heavy atom. The van der Waals surface area contributed by atoms with Crippen LogP contribution in [0.2, 0.25) is 10.0 Å². The highest BCUT2D eigenvalue weighted by Gasteiger charge is 1.95. The molecule has 0 saturated carbocycles. The molecule has 0 saturated heterocycles. The number of methoxy groups -OCH3 is 1. The maximum Gasteiger partial charge on any atom is 0.135 e. The predicted molar refractivity (Wildman–Crippen MR) is 51.1 cm³/mol. The summed E-state index contributed by atoms with van der Waals surface area (Å²) >= 11 is 11.0. The second-order valence-corrected chi connectivity index (χ2v) is 2.85. The Hall–Kier alpha value is -0.440. The Labute approximate surface area is 81.7 Å². The van der Waals surface area contributed by atoms with Gasteiger partial charge in [-0.1, -0.05) is 23.2 Å². The van der Waals surface area contributed by atoms with Crippen molar-refractivity contribution in [3.8, 4) is 5.75 Å². The fourth-order valence-corrected chi connectivity index (χ4v) is 0.770. The number of benzene rings is 1. The van der Waals surface area contributed by atoms with Crippen molar-refractivity contribution >= 4 is 23.2 Å². The van der Waals surface area contributed by atoms with Gasteiger partial charge in [-0.15, -0.1) is 0 Å². The van der Waals surface area contributed by atoms with Crippen LogP contribution in [0.3, 0.4) is 0 Å². The Bertz CT molecular complexity index is 238. The van der Waals surface area contributed by atoms with E-state index in [4.69, 9.17) is 28.3 Å². The molecule has 0 heterocycles. The van der Waals surface area contributed by atoms with Crippen molar-refractivity contribution in [1.29, 1.82) is 0 Å². The summed E-state index contributed by atoms with van der Waals surface area (Å²) in [4.78, 5) is 0. The van der Waals surface area contributed by atoms with Crippen LogP contribution in [-0.2, 0) is 4.74 Å². The molecule has 0 aliphatic rings. The molecule has 0 amide bonds. The van der Waals surface area contributed by atoms with Crippen LogP contribution in [0.25, 0.3) is 0 Å². The number of phenolic OH excluding ortho intramolecular Hbond substituents is 1. The van der Waals surface area contributed by atoms with Gasteiger partial charge in [-0.25, -0.2) is 0 Å². The molecule has 1 aromatic carbocycles. The van der Waals surface area contributed by atoms with Crippen LogP contribution >= 0.6 is 23.2 Å². The molecule has 0 fully saturated rings. The smallest absolute Gasteiger partial charge is 0.135 e. The third-order valence-corrected chi connectivity index (χ3v) is 1.46. The van der Waals surface area contributed by atoms with E-state index < -0.39 is 0 Å². The highest BCUT2D eigenvalue weighted by molar-refractivity contribution is 6.34. The summed E-state index contributed by atoms with van der Waals surface area (Å²) in [6.07, 6.45) is 0. The molecule has 2 nitrogen and oxygen atoms in total. The minimum atomic E-state index is 0.0177. The first kappa shape index (κ1) is 11.6. The number of halogens is 2. The number of rotatable bonds is 0. The van der Waals surface area contributed by atoms with Gasteiger partial charge >= 0.3 is 0 Å². The molecule has 0 aromatic heterocycles. The van der Waals surface area contributed by atoms with Crippen LogP contribution in [-0.4, -0.2) is 19.3 Å². The van der Waals surface area contributed by atoms with E-state index in [2.05, 4.69) is 4.74 Å². The first-order valence-electron chi connectivity index (χ1n) is 3.16. The van der Waals surface area contributed by atoms with Crippen LogP contribution in [0, 0.1) is 0 Å². The van der Waals surface area contributed by atoms with Gasteiger partial charge in [0.1, 0.15) is 5.75 Å². The monoisotopic (exact) mass is 208 g/mol. The lowest BCUT2D eigenvalue weighted by Gasteiger charge is -1.93. The molecular weight excluding hydrogens is 199 g/mol. The number of hydrogen-bond donors (Lipinski definition) is 1. The first-order chi connectivity index (χ1) is 5.61. The molecule has 0 atom stereocenters. The van der Waals surface area contributed by atoms with Crippen molar-refractivity contribution in [2.24, 2.45) is 0 Å². The van der Waals surface area contributed by atoms with E-state index in [1.54, 1.807) is 26.4 Å². The van der Waals surface area contributed by atoms with E-state index >= 15 is 0 Å². The Balaban J connectivity index is 0.000000354. The molecule has 0 aliphatic carbocycles. The molecule has 12 heavy (non-hydrogen) atoms. The van der Waals surface area contributed by atoms with E-state index in [0.29, 0.717) is 10.0 Å². The van der Waals surface area contributed by atoms with Gasteiger partial charge in [-0.3, -0.25) is 0 Å². The van der Waals surface area contributed by atoms with E-state index in [-0.39, 0.29) is 5.75 Å². The van der Waals surface area contributed by atoms with Crippen molar-refractivity contribution in [3.63, 3.8) is 0 Å². The van der Waals surface area contributed by atoms with Gasteiger partial charge in [-0.05, 0) is 12.1 Å². The van der Waals surface area contributed by atoms with Gasteiger partial charge in [0, 0.05) is 25.3 Å². The molecule has 0 spiro atoms. The molecule has 1 rings (SSSR count). The summed E-state index contributed by atoms with van der Waals surface area (Å²) in [5.74, 6) is 0.0177. The summed E-state index contributed by atoms with van der Waals surface area (Å²) < 4.78 is 4.25. The van der Waals surface area contributed by atoms with Gasteiger partial charge in [0.2, 0.25) is 0 Å². The minimum absolute atomic E-state index is 0.0177. The van der Waals surface area contributed by atoms with Crippen molar-refractivity contribution in [3.05, 3.63) is 28.2 Å². The average molecular weight is 209 g/mol. The van der Waals surface area contributed by atoms with Crippen LogP contribution < -0.4 is 0 Å². The zero-order valence-electron chi connectivity index (χ0n) is 6.84. The molecule has 0 bridgehead atoms. The lowest BCUT2D eigenvalue weighted by atomic mass is 10.3. The lowest BCUT2D eigenvalue weighted by Crippen LogP contribution is -1.66. The van der Waals surface area contributed by atoms with Crippen LogP contribution in [0.1, 0.15) is 0 Å². The molecular formula is C8H10Cl2O2. The van der Waals surface area contributed by atoms with Crippen molar-refractivity contribution in [2.45, 2.75) is 0 Å². The van der Waals surface area contributed by atoms with Gasteiger partial charge in [0.15, 0.2) is 0 Å². The molecule has 1 aromatic rings. The quantitative estimate of drug-likeness (QED) is 0.711. The van der Waals surface area contributed by atoms with Crippen LogP contribution in [0.4, 0.5) is 0 Å². The predicted octanol–water partition coefficient (Wildman–Crippen LogP) is 2.96. The van der Waals surface area contributed by atoms with Crippen LogP contribution in [0.15, 0.2) is 18.2 Å². The molecule has 0 aliphatic heterocycles. The standard InChI is InChI=1S/C6H4Cl2O.C2H6O/c7-4-1-2-5(8)6(9)3-4;1-3-2/h1-3,9H;1-2H3. The van der Waals surface area contributed by atoms with Gasteiger partial charge in [0.25, 0.3) is 0 Å². The summed E-state index contributed by atoms with van der Waals surface area (Å²) in [6.45, 7) is 0. The topological polar surface area (TPSA) is 29.5 Å². The Morgan fingerprint density at radius 1 is 1.25 bits per heavy atom. The minimum Gasteiger partial charge on any atom is -0.506 e. The molecule has 0 unspecified atom stereocenters. The fourth-order valence-electron chi connectivity index (χ4n) is 0.486. The van der Waals surface area contributed by atoms with Crippen molar-refractivity contribution < 1.29 is 9.84 Å². The Kier molecular flexibility index (Phi) is 5.89. The molecule has 68 valence electrons. The average Bonchev–Trinajstić information content (AvgIpc) is 1.99. The van der Waals surface area contributed by atoms with Gasteiger partial charge < -0.3 is 9.84 Å². The second-order valence-electron chi connectivity index (χ2n) is 2.00. The highest BCUT2D eigenvalue weighted by atomic mass is 35.5. The number of ether oxygens (including phenoxy) is 1. The van der Waals surface area contributed by atoms with E-state index in [9.17, 15) is 0 Å². The third-order valence-electron chi connectivity index (χ3n) is 0.908. The zero-order chi connectivity index (χ0) is 9.56. The summed E-state index contributed by atoms with van der Waals surface area (Å²) in [5.41, 5.74) is 0.